The number of aromatic hydroxyl groups is 1. The molecule has 0 amide bonds. The zero-order chi connectivity index (χ0) is 27.7. The van der Waals surface area contributed by atoms with Gasteiger partial charge in [-0.25, -0.2) is 22.8 Å². The van der Waals surface area contributed by atoms with E-state index >= 15 is 0 Å². The number of alkyl halides is 3. The first-order chi connectivity index (χ1) is 17.8. The van der Waals surface area contributed by atoms with Crippen molar-refractivity contribution in [3.8, 4) is 11.6 Å². The van der Waals surface area contributed by atoms with Crippen LogP contribution in [0.15, 0.2) is 88.8 Å². The predicted octanol–water partition coefficient (Wildman–Crippen LogP) is 2.85. The summed E-state index contributed by atoms with van der Waals surface area (Å²) in [6.07, 6.45) is 2.36. The Morgan fingerprint density at radius 3 is 2.21 bits per heavy atom. The highest BCUT2D eigenvalue weighted by atomic mass is 32.2. The first-order valence-electron chi connectivity index (χ1n) is 10.5. The number of hydrogen-bond acceptors (Lipinski definition) is 7. The van der Waals surface area contributed by atoms with E-state index in [0.717, 1.165) is 27.5 Å². The molecular weight excluding hydrogens is 551 g/mol. The standard InChI is InChI=1S/C22H18F3N5O6S2/c23-22(24,25)37(33,34)18-8-6-17(7-9-18)30-20(31)14-29(21(30)32)13-15-10-11-26-19(12-15)28-38(35,36)27-16-4-2-1-3-5-16/h1-12,14,27,31H,13H2,(H,26,28). The number of nitrogens with one attached hydrogen (secondary N) is 2. The van der Waals surface area contributed by atoms with E-state index in [4.69, 9.17) is 0 Å². The summed E-state index contributed by atoms with van der Waals surface area (Å²) in [4.78, 5) is 15.8. The third-order valence-corrected chi connectivity index (χ3v) is 7.57. The maximum atomic E-state index is 12.9. The van der Waals surface area contributed by atoms with Gasteiger partial charge in [0.05, 0.1) is 29.0 Å². The molecule has 4 aromatic rings. The molecular formula is C22H18F3N5O6S2. The van der Waals surface area contributed by atoms with Gasteiger partial charge in [-0.1, -0.05) is 18.2 Å². The highest BCUT2D eigenvalue weighted by Crippen LogP contribution is 2.30. The van der Waals surface area contributed by atoms with E-state index in [2.05, 4.69) is 14.4 Å². The Hall–Kier alpha value is -4.31. The van der Waals surface area contributed by atoms with Crippen molar-refractivity contribution in [3.63, 3.8) is 0 Å². The van der Waals surface area contributed by atoms with Crippen molar-refractivity contribution in [2.45, 2.75) is 16.9 Å². The van der Waals surface area contributed by atoms with Gasteiger partial charge in [0, 0.05) is 6.20 Å². The van der Waals surface area contributed by atoms with E-state index in [0.29, 0.717) is 23.4 Å². The molecule has 0 aliphatic carbocycles. The first-order valence-corrected chi connectivity index (χ1v) is 13.5. The van der Waals surface area contributed by atoms with Crippen LogP contribution in [-0.4, -0.2) is 41.6 Å². The number of sulfone groups is 1. The number of aromatic nitrogens is 3. The van der Waals surface area contributed by atoms with Gasteiger partial charge < -0.3 is 5.11 Å². The molecule has 0 fully saturated rings. The average molecular weight is 570 g/mol. The molecule has 0 saturated heterocycles. The van der Waals surface area contributed by atoms with Crippen molar-refractivity contribution >= 4 is 31.6 Å². The van der Waals surface area contributed by atoms with E-state index < -0.39 is 42.0 Å². The van der Waals surface area contributed by atoms with Crippen molar-refractivity contribution < 1.29 is 35.1 Å². The van der Waals surface area contributed by atoms with Gasteiger partial charge in [-0.05, 0) is 54.1 Å². The van der Waals surface area contributed by atoms with Crippen molar-refractivity contribution in [2.24, 2.45) is 0 Å². The van der Waals surface area contributed by atoms with Crippen molar-refractivity contribution in [1.82, 2.24) is 14.1 Å². The highest BCUT2D eigenvalue weighted by molar-refractivity contribution is 7.94. The van der Waals surface area contributed by atoms with Crippen LogP contribution in [0.2, 0.25) is 0 Å². The van der Waals surface area contributed by atoms with E-state index in [9.17, 15) is 39.9 Å². The van der Waals surface area contributed by atoms with Crippen LogP contribution in [0.3, 0.4) is 0 Å². The molecule has 0 bridgehead atoms. The summed E-state index contributed by atoms with van der Waals surface area (Å²) in [6.45, 7) is -0.136. The number of para-hydroxylation sites is 1. The second kappa shape index (κ2) is 9.86. The number of halogens is 3. The maximum absolute atomic E-state index is 12.9. The van der Waals surface area contributed by atoms with Gasteiger partial charge >= 0.3 is 21.4 Å². The van der Waals surface area contributed by atoms with Crippen LogP contribution in [0, 0.1) is 0 Å². The molecule has 0 aliphatic heterocycles. The lowest BCUT2D eigenvalue weighted by Gasteiger charge is -2.10. The lowest BCUT2D eigenvalue weighted by atomic mass is 10.2. The number of anilines is 2. The summed E-state index contributed by atoms with van der Waals surface area (Å²) < 4.78 is 92.6. The van der Waals surface area contributed by atoms with E-state index in [1.165, 1.54) is 18.3 Å². The molecule has 4 rings (SSSR count). The molecule has 16 heteroatoms. The van der Waals surface area contributed by atoms with Crippen LogP contribution in [0.5, 0.6) is 5.88 Å². The van der Waals surface area contributed by atoms with Crippen LogP contribution < -0.4 is 15.1 Å². The van der Waals surface area contributed by atoms with Crippen LogP contribution in [-0.2, 0) is 26.6 Å². The molecule has 2 aromatic heterocycles. The Morgan fingerprint density at radius 1 is 0.921 bits per heavy atom. The lowest BCUT2D eigenvalue weighted by Crippen LogP contribution is -2.25. The minimum absolute atomic E-state index is 0.0518. The number of hydrogen-bond donors (Lipinski definition) is 3. The Balaban J connectivity index is 1.55. The van der Waals surface area contributed by atoms with Crippen LogP contribution in [0.4, 0.5) is 24.7 Å². The lowest BCUT2D eigenvalue weighted by molar-refractivity contribution is -0.0436. The quantitative estimate of drug-likeness (QED) is 0.295. The van der Waals surface area contributed by atoms with Gasteiger partial charge in [0.2, 0.25) is 5.88 Å². The van der Waals surface area contributed by atoms with Crippen molar-refractivity contribution in [2.75, 3.05) is 9.44 Å². The second-order valence-corrected chi connectivity index (χ2v) is 11.2. The summed E-state index contributed by atoms with van der Waals surface area (Å²) >= 11 is 0. The Bertz CT molecular complexity index is 1730. The maximum Gasteiger partial charge on any atom is 0.501 e. The first kappa shape index (κ1) is 26.7. The predicted molar refractivity (Wildman–Crippen MR) is 131 cm³/mol. The SMILES string of the molecule is O=c1n(Cc2ccnc(NS(=O)(=O)Nc3ccccc3)c2)cc(O)n1-c1ccc(S(=O)(=O)C(F)(F)F)cc1. The van der Waals surface area contributed by atoms with Gasteiger partial charge in [0.1, 0.15) is 5.82 Å². The third kappa shape index (κ3) is 5.65. The van der Waals surface area contributed by atoms with Gasteiger partial charge in [-0.15, -0.1) is 0 Å². The van der Waals surface area contributed by atoms with Gasteiger partial charge in [0.15, 0.2) is 0 Å². The van der Waals surface area contributed by atoms with Crippen molar-refractivity contribution in [3.05, 3.63) is 95.2 Å². The molecule has 2 aromatic carbocycles. The minimum Gasteiger partial charge on any atom is -0.493 e. The number of pyridine rings is 1. The monoisotopic (exact) mass is 569 g/mol. The summed E-state index contributed by atoms with van der Waals surface area (Å²) in [7, 11) is -9.62. The fraction of sp³-hybridized carbons (Fsp3) is 0.0909. The molecule has 0 atom stereocenters. The molecule has 2 heterocycles. The topological polar surface area (TPSA) is 152 Å². The van der Waals surface area contributed by atoms with Crippen LogP contribution in [0.1, 0.15) is 5.56 Å². The fourth-order valence-corrected chi connectivity index (χ4v) is 5.04. The number of rotatable bonds is 8. The molecule has 0 unspecified atom stereocenters. The average Bonchev–Trinajstić information content (AvgIpc) is 3.11. The number of nitrogens with zero attached hydrogens (tertiary/aromatic N) is 3. The molecule has 11 nitrogen and oxygen atoms in total. The summed E-state index contributed by atoms with van der Waals surface area (Å²) in [6, 6.07) is 14.2. The van der Waals surface area contributed by atoms with E-state index in [1.54, 1.807) is 30.3 Å². The molecule has 0 spiro atoms. The molecule has 200 valence electrons. The molecule has 0 saturated carbocycles. The summed E-state index contributed by atoms with van der Waals surface area (Å²) in [5.74, 6) is -0.618. The molecule has 0 radical (unpaired) electrons. The zero-order valence-corrected chi connectivity index (χ0v) is 20.6. The van der Waals surface area contributed by atoms with E-state index in [1.807, 2.05) is 0 Å². The second-order valence-electron chi connectivity index (χ2n) is 7.80. The largest absolute Gasteiger partial charge is 0.501 e. The van der Waals surface area contributed by atoms with Gasteiger partial charge in [-0.3, -0.25) is 14.0 Å². The van der Waals surface area contributed by atoms with Crippen molar-refractivity contribution in [1.29, 1.82) is 0 Å². The van der Waals surface area contributed by atoms with Crippen LogP contribution in [0.25, 0.3) is 5.69 Å². The summed E-state index contributed by atoms with van der Waals surface area (Å²) in [5, 5.41) is 10.3. The third-order valence-electron chi connectivity index (χ3n) is 5.09. The van der Waals surface area contributed by atoms with Crippen LogP contribution >= 0.6 is 0 Å². The molecule has 3 N–H and O–H groups in total. The molecule has 0 aliphatic rings. The Morgan fingerprint density at radius 2 is 1.58 bits per heavy atom. The smallest absolute Gasteiger partial charge is 0.493 e. The Kier molecular flexibility index (Phi) is 6.94. The van der Waals surface area contributed by atoms with E-state index in [-0.39, 0.29) is 18.1 Å². The zero-order valence-electron chi connectivity index (χ0n) is 19.0. The number of benzene rings is 2. The summed E-state index contributed by atoms with van der Waals surface area (Å²) in [5.41, 5.74) is -5.63. The molecule has 38 heavy (non-hydrogen) atoms. The Labute approximate surface area is 213 Å². The van der Waals surface area contributed by atoms with Gasteiger partial charge in [-0.2, -0.15) is 21.6 Å². The minimum atomic E-state index is -5.58. The highest BCUT2D eigenvalue weighted by Gasteiger charge is 2.46. The fourth-order valence-electron chi connectivity index (χ4n) is 3.39. The van der Waals surface area contributed by atoms with Gasteiger partial charge in [0.25, 0.3) is 9.84 Å². The normalized spacial score (nSPS) is 12.3. The number of imidazole rings is 1.